The Morgan fingerprint density at radius 3 is 2.87 bits per heavy atom. The van der Waals surface area contributed by atoms with E-state index < -0.39 is 16.1 Å². The Morgan fingerprint density at radius 1 is 1.35 bits per heavy atom. The third-order valence-corrected chi connectivity index (χ3v) is 5.69. The molecular formula is C16H22N2O4S. The van der Waals surface area contributed by atoms with Crippen molar-refractivity contribution >= 4 is 15.9 Å². The summed E-state index contributed by atoms with van der Waals surface area (Å²) in [6.45, 7) is 0.809. The lowest BCUT2D eigenvalue weighted by molar-refractivity contribution is -0.126. The topological polar surface area (TPSA) is 75.7 Å². The number of rotatable bonds is 4. The molecule has 6 nitrogen and oxygen atoms in total. The van der Waals surface area contributed by atoms with Crippen LogP contribution in [0.25, 0.3) is 0 Å². The molecule has 1 amide bonds. The van der Waals surface area contributed by atoms with Gasteiger partial charge in [-0.3, -0.25) is 4.79 Å². The Balaban J connectivity index is 1.57. The number of carbonyl (C=O) groups excluding carboxylic acids is 1. The molecule has 1 N–H and O–H groups in total. The van der Waals surface area contributed by atoms with E-state index in [1.165, 1.54) is 4.31 Å². The van der Waals surface area contributed by atoms with Crippen LogP contribution in [0.4, 0.5) is 0 Å². The van der Waals surface area contributed by atoms with E-state index in [0.717, 1.165) is 36.8 Å². The van der Waals surface area contributed by atoms with Crippen molar-refractivity contribution in [1.82, 2.24) is 9.62 Å². The van der Waals surface area contributed by atoms with Crippen LogP contribution in [0, 0.1) is 0 Å². The molecule has 3 rings (SSSR count). The number of carbonyl (C=O) groups is 1. The summed E-state index contributed by atoms with van der Waals surface area (Å²) in [6, 6.07) is 7.23. The Bertz CT molecular complexity index is 664. The van der Waals surface area contributed by atoms with E-state index in [2.05, 4.69) is 5.32 Å². The van der Waals surface area contributed by atoms with Crippen LogP contribution in [-0.4, -0.2) is 50.1 Å². The van der Waals surface area contributed by atoms with Crippen molar-refractivity contribution in [1.29, 1.82) is 0 Å². The Morgan fingerprint density at radius 2 is 2.13 bits per heavy atom. The highest BCUT2D eigenvalue weighted by Crippen LogP contribution is 2.28. The first-order chi connectivity index (χ1) is 10.9. The minimum absolute atomic E-state index is 0.0911. The van der Waals surface area contributed by atoms with Crippen molar-refractivity contribution in [3.8, 4) is 5.75 Å². The maximum atomic E-state index is 12.4. The van der Waals surface area contributed by atoms with Gasteiger partial charge in [0.1, 0.15) is 17.9 Å². The number of hydrogen-bond acceptors (Lipinski definition) is 4. The molecule has 2 heterocycles. The Hall–Kier alpha value is -1.60. The molecule has 0 radical (unpaired) electrons. The van der Waals surface area contributed by atoms with Gasteiger partial charge in [-0.05, 0) is 24.5 Å². The van der Waals surface area contributed by atoms with Crippen LogP contribution in [0.1, 0.15) is 24.8 Å². The summed E-state index contributed by atoms with van der Waals surface area (Å²) in [7, 11) is -3.36. The number of nitrogens with zero attached hydrogens (tertiary/aromatic N) is 1. The molecule has 2 atom stereocenters. The molecule has 23 heavy (non-hydrogen) atoms. The molecule has 0 spiro atoms. The number of amides is 1. The largest absolute Gasteiger partial charge is 0.488 e. The first kappa shape index (κ1) is 16.3. The molecule has 1 fully saturated rings. The summed E-state index contributed by atoms with van der Waals surface area (Å²) in [6.07, 6.45) is 4.08. The number of hydrogen-bond donors (Lipinski definition) is 1. The van der Waals surface area contributed by atoms with Gasteiger partial charge in [-0.1, -0.05) is 24.6 Å². The number of nitrogens with one attached hydrogen (secondary N) is 1. The predicted molar refractivity (Wildman–Crippen MR) is 86.8 cm³/mol. The molecule has 0 aliphatic carbocycles. The lowest BCUT2D eigenvalue weighted by Crippen LogP contribution is -2.52. The molecule has 2 aliphatic rings. The van der Waals surface area contributed by atoms with E-state index in [-0.39, 0.29) is 12.0 Å². The van der Waals surface area contributed by atoms with Crippen molar-refractivity contribution in [3.63, 3.8) is 0 Å². The van der Waals surface area contributed by atoms with Crippen LogP contribution < -0.4 is 10.1 Å². The van der Waals surface area contributed by atoms with Crippen LogP contribution in [0.15, 0.2) is 24.3 Å². The van der Waals surface area contributed by atoms with E-state index in [0.29, 0.717) is 19.5 Å². The highest BCUT2D eigenvalue weighted by molar-refractivity contribution is 7.88. The highest BCUT2D eigenvalue weighted by atomic mass is 32.2. The number of para-hydroxylation sites is 1. The molecule has 7 heteroatoms. The van der Waals surface area contributed by atoms with E-state index in [4.69, 9.17) is 4.74 Å². The molecular weight excluding hydrogens is 316 g/mol. The number of sulfonamides is 1. The van der Waals surface area contributed by atoms with Gasteiger partial charge in [0.15, 0.2) is 0 Å². The van der Waals surface area contributed by atoms with E-state index in [1.807, 2.05) is 24.3 Å². The fourth-order valence-electron chi connectivity index (χ4n) is 3.26. The summed E-state index contributed by atoms with van der Waals surface area (Å²) < 4.78 is 30.8. The molecule has 0 saturated carbocycles. The van der Waals surface area contributed by atoms with Crippen molar-refractivity contribution < 1.29 is 17.9 Å². The van der Waals surface area contributed by atoms with Crippen LogP contribution in [-0.2, 0) is 21.2 Å². The highest BCUT2D eigenvalue weighted by Gasteiger charge is 2.34. The minimum Gasteiger partial charge on any atom is -0.488 e. The molecule has 1 aromatic rings. The molecule has 1 aromatic carbocycles. The SMILES string of the molecule is CS(=O)(=O)N1CCCC[C@H]1C(=O)NC[C@@H]1Cc2ccccc2O1. The Labute approximate surface area is 136 Å². The van der Waals surface area contributed by atoms with Gasteiger partial charge in [0.2, 0.25) is 15.9 Å². The molecule has 1 saturated heterocycles. The fraction of sp³-hybridized carbons (Fsp3) is 0.562. The van der Waals surface area contributed by atoms with Gasteiger partial charge in [0, 0.05) is 13.0 Å². The number of fused-ring (bicyclic) bond motifs is 1. The molecule has 126 valence electrons. The standard InChI is InChI=1S/C16H22N2O4S/c1-23(20,21)18-9-5-4-7-14(18)16(19)17-11-13-10-12-6-2-3-8-15(12)22-13/h2-3,6,8,13-14H,4-5,7,9-11H2,1H3,(H,17,19)/t13-,14-/m0/s1. The van der Waals surface area contributed by atoms with Gasteiger partial charge in [-0.25, -0.2) is 8.42 Å². The molecule has 2 aliphatic heterocycles. The fourth-order valence-corrected chi connectivity index (χ4v) is 4.39. The third kappa shape index (κ3) is 3.67. The number of ether oxygens (including phenoxy) is 1. The summed E-state index contributed by atoms with van der Waals surface area (Å²) in [5, 5.41) is 2.86. The monoisotopic (exact) mass is 338 g/mol. The van der Waals surface area contributed by atoms with Crippen LogP contribution in [0.2, 0.25) is 0 Å². The summed E-state index contributed by atoms with van der Waals surface area (Å²) >= 11 is 0. The minimum atomic E-state index is -3.36. The number of piperidine rings is 1. The van der Waals surface area contributed by atoms with Gasteiger partial charge in [-0.15, -0.1) is 0 Å². The normalized spacial score (nSPS) is 24.7. The third-order valence-electron chi connectivity index (χ3n) is 4.40. The Kier molecular flexibility index (Phi) is 4.59. The summed E-state index contributed by atoms with van der Waals surface area (Å²) in [5.41, 5.74) is 1.14. The van der Waals surface area contributed by atoms with Gasteiger partial charge in [-0.2, -0.15) is 4.31 Å². The second-order valence-corrected chi connectivity index (χ2v) is 8.12. The van der Waals surface area contributed by atoms with Crippen LogP contribution in [0.5, 0.6) is 5.75 Å². The zero-order valence-corrected chi connectivity index (χ0v) is 14.0. The van der Waals surface area contributed by atoms with Crippen molar-refractivity contribution in [3.05, 3.63) is 29.8 Å². The van der Waals surface area contributed by atoms with E-state index >= 15 is 0 Å². The smallest absolute Gasteiger partial charge is 0.238 e. The van der Waals surface area contributed by atoms with Gasteiger partial charge >= 0.3 is 0 Å². The molecule has 0 aromatic heterocycles. The second kappa shape index (κ2) is 6.49. The van der Waals surface area contributed by atoms with Crippen molar-refractivity contribution in [2.75, 3.05) is 19.3 Å². The molecule has 0 bridgehead atoms. The maximum absolute atomic E-state index is 12.4. The number of benzene rings is 1. The second-order valence-electron chi connectivity index (χ2n) is 6.18. The van der Waals surface area contributed by atoms with Crippen molar-refractivity contribution in [2.24, 2.45) is 0 Å². The average Bonchev–Trinajstić information content (AvgIpc) is 2.94. The quantitative estimate of drug-likeness (QED) is 0.886. The average molecular weight is 338 g/mol. The van der Waals surface area contributed by atoms with Crippen LogP contribution in [0.3, 0.4) is 0 Å². The van der Waals surface area contributed by atoms with Crippen molar-refractivity contribution in [2.45, 2.75) is 37.8 Å². The first-order valence-corrected chi connectivity index (χ1v) is 9.79. The molecule has 0 unspecified atom stereocenters. The zero-order chi connectivity index (χ0) is 16.4. The maximum Gasteiger partial charge on any atom is 0.238 e. The van der Waals surface area contributed by atoms with Crippen LogP contribution >= 0.6 is 0 Å². The summed E-state index contributed by atoms with van der Waals surface area (Å²) in [4.78, 5) is 12.4. The zero-order valence-electron chi connectivity index (χ0n) is 13.2. The van der Waals surface area contributed by atoms with Gasteiger partial charge in [0.25, 0.3) is 0 Å². The van der Waals surface area contributed by atoms with E-state index in [1.54, 1.807) is 0 Å². The lowest BCUT2D eigenvalue weighted by Gasteiger charge is -2.32. The summed E-state index contributed by atoms with van der Waals surface area (Å²) in [5.74, 6) is 0.636. The van der Waals surface area contributed by atoms with E-state index in [9.17, 15) is 13.2 Å². The predicted octanol–water partition coefficient (Wildman–Crippen LogP) is 0.920. The first-order valence-electron chi connectivity index (χ1n) is 7.94. The van der Waals surface area contributed by atoms with Gasteiger partial charge in [0.05, 0.1) is 12.8 Å². The van der Waals surface area contributed by atoms with Gasteiger partial charge < -0.3 is 10.1 Å². The lowest BCUT2D eigenvalue weighted by atomic mass is 10.0.